The van der Waals surface area contributed by atoms with Crippen molar-refractivity contribution in [2.45, 2.75) is 19.6 Å². The highest BCUT2D eigenvalue weighted by atomic mass is 32.1. The first-order valence-corrected chi connectivity index (χ1v) is 12.6. The van der Waals surface area contributed by atoms with Crippen LogP contribution in [0.3, 0.4) is 0 Å². The van der Waals surface area contributed by atoms with E-state index in [0.29, 0.717) is 28.9 Å². The van der Waals surface area contributed by atoms with Gasteiger partial charge < -0.3 is 15.4 Å². The molecule has 1 aliphatic rings. The summed E-state index contributed by atoms with van der Waals surface area (Å²) in [4.78, 5) is 19.8. The third-order valence-corrected chi connectivity index (χ3v) is 7.60. The Morgan fingerprint density at radius 2 is 1.74 bits per heavy atom. The fourth-order valence-corrected chi connectivity index (χ4v) is 5.72. The second kappa shape index (κ2) is 10.3. The summed E-state index contributed by atoms with van der Waals surface area (Å²) in [6.07, 6.45) is 0. The minimum Gasteiger partial charge on any atom is -0.480 e. The topological polar surface area (TPSA) is 87.8 Å². The lowest BCUT2D eigenvalue weighted by Gasteiger charge is -2.35. The summed E-state index contributed by atoms with van der Waals surface area (Å²) < 4.78 is 34.6. The fourth-order valence-electron chi connectivity index (χ4n) is 4.40. The molecule has 196 valence electrons. The zero-order chi connectivity index (χ0) is 27.0. The van der Waals surface area contributed by atoms with Crippen LogP contribution in [0.1, 0.15) is 16.7 Å². The Morgan fingerprint density at radius 3 is 2.34 bits per heavy atom. The summed E-state index contributed by atoms with van der Waals surface area (Å²) in [6, 6.07) is 14.0. The number of carbonyl (C=O) groups excluding carboxylic acids is 1. The number of rotatable bonds is 7. The second-order valence-electron chi connectivity index (χ2n) is 9.14. The number of ether oxygens (including phenoxy) is 1. The van der Waals surface area contributed by atoms with E-state index in [1.807, 2.05) is 43.3 Å². The molecule has 2 amide bonds. The van der Waals surface area contributed by atoms with Gasteiger partial charge in [-0.1, -0.05) is 18.2 Å². The first-order valence-electron chi connectivity index (χ1n) is 11.8. The Morgan fingerprint density at radius 1 is 1.03 bits per heavy atom. The predicted molar refractivity (Wildman–Crippen MR) is 144 cm³/mol. The van der Waals surface area contributed by atoms with Gasteiger partial charge in [0.15, 0.2) is 5.82 Å². The van der Waals surface area contributed by atoms with Gasteiger partial charge in [-0.2, -0.15) is 0 Å². The maximum Gasteiger partial charge on any atom is 0.331 e. The predicted octanol–water partition coefficient (Wildman–Crippen LogP) is 5.28. The number of thiophene rings is 1. The molecule has 0 bridgehead atoms. The van der Waals surface area contributed by atoms with Crippen LogP contribution in [0, 0.1) is 11.6 Å². The number of benzene rings is 2. The molecule has 0 saturated heterocycles. The minimum absolute atomic E-state index is 0.189. The number of fused-ring (bicyclic) bond motifs is 1. The summed E-state index contributed by atoms with van der Waals surface area (Å²) in [5.74, 6) is -0.829. The SMILES string of the molecule is COc1ccc(N2Cc3c(sc(-c4ccc(N)cc4)c3CN(C)C)N(Cc3c(F)cccc3F)C2=O)nn1. The molecule has 0 fully saturated rings. The third kappa shape index (κ3) is 4.77. The summed E-state index contributed by atoms with van der Waals surface area (Å²) >= 11 is 1.42. The molecule has 2 aromatic heterocycles. The number of nitrogen functional groups attached to an aromatic ring is 1. The zero-order valence-corrected chi connectivity index (χ0v) is 21.9. The highest BCUT2D eigenvalue weighted by Gasteiger charge is 2.37. The molecule has 0 spiro atoms. The van der Waals surface area contributed by atoms with Gasteiger partial charge in [-0.15, -0.1) is 21.5 Å². The second-order valence-corrected chi connectivity index (χ2v) is 10.1. The minimum atomic E-state index is -0.718. The molecule has 38 heavy (non-hydrogen) atoms. The van der Waals surface area contributed by atoms with Crippen molar-refractivity contribution in [3.05, 3.63) is 82.9 Å². The van der Waals surface area contributed by atoms with Crippen LogP contribution in [0.2, 0.25) is 0 Å². The molecule has 2 aromatic carbocycles. The number of urea groups is 1. The Hall–Kier alpha value is -4.09. The average molecular weight is 537 g/mol. The number of hydrogen-bond donors (Lipinski definition) is 1. The van der Waals surface area contributed by atoms with Gasteiger partial charge in [-0.05, 0) is 55.6 Å². The van der Waals surface area contributed by atoms with E-state index in [9.17, 15) is 13.6 Å². The van der Waals surface area contributed by atoms with E-state index in [-0.39, 0.29) is 18.7 Å². The van der Waals surface area contributed by atoms with Crippen molar-refractivity contribution in [2.75, 3.05) is 36.7 Å². The number of aromatic nitrogens is 2. The lowest BCUT2D eigenvalue weighted by Crippen LogP contribution is -2.47. The lowest BCUT2D eigenvalue weighted by molar-refractivity contribution is 0.249. The standard InChI is InChI=1S/C27H26F2N6O2S/c1-33(2)13-18-19-14-34(23-11-12-24(37-3)32-31-23)27(36)35(15-20-21(28)5-4-6-22(20)29)26(19)38-25(18)16-7-9-17(30)10-8-16/h4-12H,13-15,30H2,1-3H3. The molecule has 8 nitrogen and oxygen atoms in total. The monoisotopic (exact) mass is 536 g/mol. The quantitative estimate of drug-likeness (QED) is 0.323. The van der Waals surface area contributed by atoms with E-state index in [1.54, 1.807) is 12.1 Å². The van der Waals surface area contributed by atoms with Gasteiger partial charge in [-0.3, -0.25) is 9.80 Å². The summed E-state index contributed by atoms with van der Waals surface area (Å²) in [5, 5.41) is 8.82. The largest absolute Gasteiger partial charge is 0.480 e. The van der Waals surface area contributed by atoms with E-state index in [1.165, 1.54) is 46.4 Å². The molecule has 3 heterocycles. The summed E-state index contributed by atoms with van der Waals surface area (Å²) in [5.41, 5.74) is 9.20. The van der Waals surface area contributed by atoms with Crippen LogP contribution in [0.4, 0.5) is 30.1 Å². The molecule has 4 aromatic rings. The van der Waals surface area contributed by atoms with Gasteiger partial charge in [0.25, 0.3) is 0 Å². The Balaban J connectivity index is 1.68. The average Bonchev–Trinajstić information content (AvgIpc) is 3.25. The van der Waals surface area contributed by atoms with Crippen LogP contribution in [-0.4, -0.2) is 42.3 Å². The van der Waals surface area contributed by atoms with Crippen molar-refractivity contribution in [1.82, 2.24) is 15.1 Å². The van der Waals surface area contributed by atoms with Gasteiger partial charge in [0.2, 0.25) is 5.88 Å². The molecule has 11 heteroatoms. The van der Waals surface area contributed by atoms with E-state index in [4.69, 9.17) is 10.5 Å². The van der Waals surface area contributed by atoms with E-state index < -0.39 is 17.7 Å². The van der Waals surface area contributed by atoms with Crippen molar-refractivity contribution in [2.24, 2.45) is 0 Å². The van der Waals surface area contributed by atoms with Crippen LogP contribution < -0.4 is 20.3 Å². The number of carbonyl (C=O) groups is 1. The van der Waals surface area contributed by atoms with E-state index in [2.05, 4.69) is 10.2 Å². The summed E-state index contributed by atoms with van der Waals surface area (Å²) in [7, 11) is 5.40. The van der Waals surface area contributed by atoms with Crippen molar-refractivity contribution in [1.29, 1.82) is 0 Å². The number of nitrogens with two attached hydrogens (primary N) is 1. The smallest absolute Gasteiger partial charge is 0.331 e. The normalized spacial score (nSPS) is 13.3. The zero-order valence-electron chi connectivity index (χ0n) is 21.1. The highest BCUT2D eigenvalue weighted by Crippen LogP contribution is 2.47. The molecule has 0 saturated carbocycles. The highest BCUT2D eigenvalue weighted by molar-refractivity contribution is 7.20. The Bertz CT molecular complexity index is 1450. The molecule has 2 N–H and O–H groups in total. The van der Waals surface area contributed by atoms with Crippen molar-refractivity contribution in [3.8, 4) is 16.3 Å². The number of hydrogen-bond acceptors (Lipinski definition) is 7. The van der Waals surface area contributed by atoms with Gasteiger partial charge in [0.05, 0.1) is 20.2 Å². The molecule has 0 unspecified atom stereocenters. The summed E-state index contributed by atoms with van der Waals surface area (Å²) in [6.45, 7) is 0.525. The number of methoxy groups -OCH3 is 1. The first kappa shape index (κ1) is 25.6. The molecule has 0 aliphatic carbocycles. The van der Waals surface area contributed by atoms with Crippen LogP contribution in [0.15, 0.2) is 54.6 Å². The third-order valence-electron chi connectivity index (χ3n) is 6.26. The molecular formula is C27H26F2N6O2S. The number of amides is 2. The van der Waals surface area contributed by atoms with Crippen molar-refractivity contribution >= 4 is 33.9 Å². The van der Waals surface area contributed by atoms with Crippen LogP contribution >= 0.6 is 11.3 Å². The van der Waals surface area contributed by atoms with Gasteiger partial charge in [0.1, 0.15) is 16.6 Å². The van der Waals surface area contributed by atoms with Gasteiger partial charge in [0, 0.05) is 34.3 Å². The maximum absolute atomic E-state index is 14.7. The lowest BCUT2D eigenvalue weighted by atomic mass is 10.0. The molecule has 0 atom stereocenters. The molecule has 0 radical (unpaired) electrons. The molecular weight excluding hydrogens is 510 g/mol. The van der Waals surface area contributed by atoms with E-state index in [0.717, 1.165) is 21.6 Å². The molecule has 5 rings (SSSR count). The maximum atomic E-state index is 14.7. The van der Waals surface area contributed by atoms with Crippen LogP contribution in [0.5, 0.6) is 5.88 Å². The Kier molecular flexibility index (Phi) is 6.96. The van der Waals surface area contributed by atoms with Crippen molar-refractivity contribution in [3.63, 3.8) is 0 Å². The number of halogens is 2. The van der Waals surface area contributed by atoms with Crippen molar-refractivity contribution < 1.29 is 18.3 Å². The number of anilines is 3. The van der Waals surface area contributed by atoms with Crippen LogP contribution in [-0.2, 0) is 19.6 Å². The Labute approximate surface area is 222 Å². The fraction of sp³-hybridized carbons (Fsp3) is 0.222. The number of nitrogens with zero attached hydrogens (tertiary/aromatic N) is 5. The first-order chi connectivity index (χ1) is 18.3. The van der Waals surface area contributed by atoms with Crippen LogP contribution in [0.25, 0.3) is 10.4 Å². The molecule has 1 aliphatic heterocycles. The van der Waals surface area contributed by atoms with Gasteiger partial charge in [-0.25, -0.2) is 13.6 Å². The van der Waals surface area contributed by atoms with Gasteiger partial charge >= 0.3 is 6.03 Å². The van der Waals surface area contributed by atoms with E-state index >= 15 is 0 Å².